The second-order valence-corrected chi connectivity index (χ2v) is 7.93. The fourth-order valence-corrected chi connectivity index (χ4v) is 4.04. The Balaban J connectivity index is 1.48. The summed E-state index contributed by atoms with van der Waals surface area (Å²) in [7, 11) is -3.93. The minimum atomic E-state index is -3.93. The van der Waals surface area contributed by atoms with Crippen LogP contribution in [-0.4, -0.2) is 52.6 Å². The van der Waals surface area contributed by atoms with E-state index >= 15 is 0 Å². The summed E-state index contributed by atoms with van der Waals surface area (Å²) in [5, 5.41) is 0. The van der Waals surface area contributed by atoms with Gasteiger partial charge in [-0.3, -0.25) is 4.90 Å². The molecule has 5 nitrogen and oxygen atoms in total. The van der Waals surface area contributed by atoms with Gasteiger partial charge in [0.1, 0.15) is 11.6 Å². The molecule has 0 aliphatic carbocycles. The van der Waals surface area contributed by atoms with E-state index in [1.807, 2.05) is 18.2 Å². The van der Waals surface area contributed by atoms with Crippen LogP contribution in [0.15, 0.2) is 53.4 Å². The highest BCUT2D eigenvalue weighted by molar-refractivity contribution is 7.89. The van der Waals surface area contributed by atoms with Crippen LogP contribution < -0.4 is 9.62 Å². The molecule has 140 valence electrons. The Morgan fingerprint density at radius 3 is 2.15 bits per heavy atom. The lowest BCUT2D eigenvalue weighted by molar-refractivity contribution is 0.262. The Morgan fingerprint density at radius 1 is 0.923 bits per heavy atom. The van der Waals surface area contributed by atoms with Gasteiger partial charge >= 0.3 is 0 Å². The molecule has 1 aliphatic rings. The van der Waals surface area contributed by atoms with E-state index in [0.717, 1.165) is 38.3 Å². The summed E-state index contributed by atoms with van der Waals surface area (Å²) in [5.74, 6) is -1.83. The third-order valence-corrected chi connectivity index (χ3v) is 5.80. The lowest BCUT2D eigenvalue weighted by Gasteiger charge is -2.36. The third-order valence-electron chi connectivity index (χ3n) is 4.36. The first-order valence-corrected chi connectivity index (χ1v) is 9.90. The number of nitrogens with one attached hydrogen (secondary N) is 1. The number of para-hydroxylation sites is 1. The van der Waals surface area contributed by atoms with Gasteiger partial charge in [0.15, 0.2) is 0 Å². The SMILES string of the molecule is O=S(=O)(NCCN1CCN(c2ccccc2)CC1)c1cc(F)cc(F)c1. The van der Waals surface area contributed by atoms with Crippen molar-refractivity contribution in [3.8, 4) is 0 Å². The first-order chi connectivity index (χ1) is 12.4. The zero-order valence-electron chi connectivity index (χ0n) is 14.2. The van der Waals surface area contributed by atoms with Gasteiger partial charge in [-0.05, 0) is 24.3 Å². The zero-order valence-corrected chi connectivity index (χ0v) is 15.1. The largest absolute Gasteiger partial charge is 0.369 e. The molecule has 3 rings (SSSR count). The third kappa shape index (κ3) is 4.78. The van der Waals surface area contributed by atoms with Crippen molar-refractivity contribution < 1.29 is 17.2 Å². The lowest BCUT2D eigenvalue weighted by atomic mass is 10.2. The molecular weight excluding hydrogens is 360 g/mol. The average molecular weight is 381 g/mol. The Bertz CT molecular complexity index is 819. The van der Waals surface area contributed by atoms with Crippen LogP contribution in [0.4, 0.5) is 14.5 Å². The van der Waals surface area contributed by atoms with Crippen molar-refractivity contribution in [2.45, 2.75) is 4.90 Å². The summed E-state index contributed by atoms with van der Waals surface area (Å²) in [6, 6.07) is 12.4. The second kappa shape index (κ2) is 8.11. The topological polar surface area (TPSA) is 52.7 Å². The van der Waals surface area contributed by atoms with Crippen molar-refractivity contribution in [2.75, 3.05) is 44.2 Å². The average Bonchev–Trinajstić information content (AvgIpc) is 2.62. The standard InChI is InChI=1S/C18H21F2N3O2S/c19-15-12-16(20)14-18(13-15)26(24,25)21-6-7-22-8-10-23(11-9-22)17-4-2-1-3-5-17/h1-5,12-14,21H,6-11H2. The molecule has 0 unspecified atom stereocenters. The number of hydrogen-bond acceptors (Lipinski definition) is 4. The molecule has 0 saturated carbocycles. The first-order valence-electron chi connectivity index (χ1n) is 8.42. The monoisotopic (exact) mass is 381 g/mol. The molecule has 2 aromatic rings. The molecule has 8 heteroatoms. The molecule has 1 heterocycles. The van der Waals surface area contributed by atoms with Crippen LogP contribution >= 0.6 is 0 Å². The van der Waals surface area contributed by atoms with Crippen molar-refractivity contribution in [2.24, 2.45) is 0 Å². The maximum Gasteiger partial charge on any atom is 0.240 e. The zero-order chi connectivity index (χ0) is 18.6. The van der Waals surface area contributed by atoms with E-state index in [4.69, 9.17) is 0 Å². The Hall–Kier alpha value is -2.03. The molecule has 1 fully saturated rings. The van der Waals surface area contributed by atoms with Gasteiger partial charge < -0.3 is 4.90 Å². The van der Waals surface area contributed by atoms with Gasteiger partial charge in [0.2, 0.25) is 10.0 Å². The number of piperazine rings is 1. The van der Waals surface area contributed by atoms with Gasteiger partial charge in [0.25, 0.3) is 0 Å². The van der Waals surface area contributed by atoms with E-state index in [0.29, 0.717) is 12.6 Å². The molecule has 1 aliphatic heterocycles. The predicted molar refractivity (Wildman–Crippen MR) is 96.6 cm³/mol. The van der Waals surface area contributed by atoms with Gasteiger partial charge in [-0.15, -0.1) is 0 Å². The van der Waals surface area contributed by atoms with Crippen molar-refractivity contribution >= 4 is 15.7 Å². The summed E-state index contributed by atoms with van der Waals surface area (Å²) in [4.78, 5) is 4.05. The highest BCUT2D eigenvalue weighted by Crippen LogP contribution is 2.16. The van der Waals surface area contributed by atoms with E-state index in [1.54, 1.807) is 0 Å². The fraction of sp³-hybridized carbons (Fsp3) is 0.333. The number of nitrogens with zero attached hydrogens (tertiary/aromatic N) is 2. The molecule has 26 heavy (non-hydrogen) atoms. The summed E-state index contributed by atoms with van der Waals surface area (Å²) in [5.41, 5.74) is 1.18. The van der Waals surface area contributed by atoms with Gasteiger partial charge in [-0.2, -0.15) is 0 Å². The summed E-state index contributed by atoms with van der Waals surface area (Å²) in [6.45, 7) is 4.11. The van der Waals surface area contributed by atoms with E-state index in [-0.39, 0.29) is 6.54 Å². The second-order valence-electron chi connectivity index (χ2n) is 6.17. The predicted octanol–water partition coefficient (Wildman–Crippen LogP) is 2.07. The van der Waals surface area contributed by atoms with Crippen molar-refractivity contribution in [3.63, 3.8) is 0 Å². The smallest absolute Gasteiger partial charge is 0.240 e. The molecule has 2 aromatic carbocycles. The highest BCUT2D eigenvalue weighted by Gasteiger charge is 2.19. The van der Waals surface area contributed by atoms with E-state index in [1.165, 1.54) is 5.69 Å². The summed E-state index contributed by atoms with van der Waals surface area (Å²) >= 11 is 0. The minimum Gasteiger partial charge on any atom is -0.369 e. The molecule has 0 bridgehead atoms. The van der Waals surface area contributed by atoms with Crippen LogP contribution in [0.3, 0.4) is 0 Å². The number of rotatable bonds is 6. The van der Waals surface area contributed by atoms with E-state index in [9.17, 15) is 17.2 Å². The fourth-order valence-electron chi connectivity index (χ4n) is 2.97. The van der Waals surface area contributed by atoms with Crippen LogP contribution in [0.1, 0.15) is 0 Å². The minimum absolute atomic E-state index is 0.186. The van der Waals surface area contributed by atoms with Crippen molar-refractivity contribution in [3.05, 3.63) is 60.2 Å². The number of benzene rings is 2. The first kappa shape index (κ1) is 18.8. The molecular formula is C18H21F2N3O2S. The maximum absolute atomic E-state index is 13.2. The number of halogens is 2. The van der Waals surface area contributed by atoms with Gasteiger partial charge in [0, 0.05) is 51.0 Å². The highest BCUT2D eigenvalue weighted by atomic mass is 32.2. The lowest BCUT2D eigenvalue weighted by Crippen LogP contribution is -2.48. The van der Waals surface area contributed by atoms with Gasteiger partial charge in [-0.1, -0.05) is 18.2 Å². The van der Waals surface area contributed by atoms with Crippen LogP contribution in [0.5, 0.6) is 0 Å². The quantitative estimate of drug-likeness (QED) is 0.832. The van der Waals surface area contributed by atoms with Crippen molar-refractivity contribution in [1.29, 1.82) is 0 Å². The number of hydrogen-bond donors (Lipinski definition) is 1. The Morgan fingerprint density at radius 2 is 1.54 bits per heavy atom. The van der Waals surface area contributed by atoms with E-state index < -0.39 is 26.6 Å². The molecule has 0 aromatic heterocycles. The maximum atomic E-state index is 13.2. The number of sulfonamides is 1. The molecule has 0 spiro atoms. The molecule has 0 atom stereocenters. The normalized spacial score (nSPS) is 16.0. The van der Waals surface area contributed by atoms with Crippen LogP contribution in [0, 0.1) is 11.6 Å². The molecule has 0 radical (unpaired) electrons. The van der Waals surface area contributed by atoms with Gasteiger partial charge in [0.05, 0.1) is 4.90 Å². The number of anilines is 1. The molecule has 1 saturated heterocycles. The van der Waals surface area contributed by atoms with Gasteiger partial charge in [-0.25, -0.2) is 21.9 Å². The van der Waals surface area contributed by atoms with Crippen LogP contribution in [0.25, 0.3) is 0 Å². The Kier molecular flexibility index (Phi) is 5.85. The van der Waals surface area contributed by atoms with Crippen molar-refractivity contribution in [1.82, 2.24) is 9.62 Å². The van der Waals surface area contributed by atoms with Crippen LogP contribution in [-0.2, 0) is 10.0 Å². The summed E-state index contributed by atoms with van der Waals surface area (Å²) < 4.78 is 53.1. The molecule has 0 amide bonds. The van der Waals surface area contributed by atoms with Crippen LogP contribution in [0.2, 0.25) is 0 Å². The van der Waals surface area contributed by atoms with E-state index in [2.05, 4.69) is 26.7 Å². The summed E-state index contributed by atoms with van der Waals surface area (Å²) in [6.07, 6.45) is 0. The molecule has 1 N–H and O–H groups in total. The Labute approximate surface area is 152 Å².